The summed E-state index contributed by atoms with van der Waals surface area (Å²) in [6.45, 7) is 7.37. The van der Waals surface area contributed by atoms with Gasteiger partial charge >= 0.3 is 6.15 Å². The molecule has 0 bridgehead atoms. The fraction of sp³-hybridized carbons (Fsp3) is 0.296. The van der Waals surface area contributed by atoms with Gasteiger partial charge in [-0.25, -0.2) is 0 Å². The fourth-order valence-corrected chi connectivity index (χ4v) is 4.64. The van der Waals surface area contributed by atoms with Gasteiger partial charge in [0.25, 0.3) is 0 Å². The molecule has 0 fully saturated rings. The molecular formula is C27H26O4. The smallest absolute Gasteiger partial charge is 0.373 e. The van der Waals surface area contributed by atoms with Crippen LogP contribution in [0.2, 0.25) is 0 Å². The van der Waals surface area contributed by atoms with E-state index in [9.17, 15) is 0 Å². The van der Waals surface area contributed by atoms with E-state index in [1.54, 1.807) is 0 Å². The van der Waals surface area contributed by atoms with Crippen LogP contribution in [0.4, 0.5) is 0 Å². The molecule has 2 aliphatic heterocycles. The van der Waals surface area contributed by atoms with Crippen LogP contribution in [0.1, 0.15) is 53.2 Å². The summed E-state index contributed by atoms with van der Waals surface area (Å²) in [4.78, 5) is 16.2. The molecule has 4 nitrogen and oxygen atoms in total. The zero-order valence-corrected chi connectivity index (χ0v) is 18.1. The average Bonchev–Trinajstić information content (AvgIpc) is 3.12. The highest BCUT2D eigenvalue weighted by atomic mass is 16.5. The molecule has 158 valence electrons. The number of hydrogen-bond donors (Lipinski definition) is 0. The van der Waals surface area contributed by atoms with Gasteiger partial charge in [-0.2, -0.15) is 9.59 Å². The second-order valence-electron chi connectivity index (χ2n) is 8.33. The zero-order chi connectivity index (χ0) is 22.0. The maximum Gasteiger partial charge on any atom is 0.373 e. The summed E-state index contributed by atoms with van der Waals surface area (Å²) in [5.41, 5.74) is 9.13. The Hall–Kier alpha value is -3.36. The maximum atomic E-state index is 8.12. The van der Waals surface area contributed by atoms with Crippen molar-refractivity contribution < 1.29 is 19.1 Å². The zero-order valence-electron chi connectivity index (χ0n) is 18.1. The van der Waals surface area contributed by atoms with Crippen LogP contribution in [0, 0.1) is 13.8 Å². The summed E-state index contributed by atoms with van der Waals surface area (Å²) in [7, 11) is 0. The van der Waals surface area contributed by atoms with Crippen molar-refractivity contribution in [1.82, 2.24) is 0 Å². The molecule has 0 saturated heterocycles. The molecule has 2 heterocycles. The number of fused-ring (bicyclic) bond motifs is 2. The summed E-state index contributed by atoms with van der Waals surface area (Å²) in [5, 5.41) is 0. The summed E-state index contributed by atoms with van der Waals surface area (Å²) in [5.74, 6) is 2.46. The Balaban J connectivity index is 0.000000730. The second kappa shape index (κ2) is 8.79. The van der Waals surface area contributed by atoms with Gasteiger partial charge in [0.15, 0.2) is 0 Å². The standard InChI is InChI=1S/C26H26O2.CO2/c1-16-6-4-7-17(2)26(16)21-9-5-8-19(12-21)23-11-10-20-13-22-18(3)15-27-25(22)14-24(20)28-23;2-1-3/h4-9,12-14,18,23H,10-11,15H2,1-3H3;/t18-,23?;/m1./s1. The highest BCUT2D eigenvalue weighted by Crippen LogP contribution is 2.43. The lowest BCUT2D eigenvalue weighted by atomic mass is 9.91. The van der Waals surface area contributed by atoms with E-state index >= 15 is 0 Å². The van der Waals surface area contributed by atoms with Gasteiger partial charge in [0, 0.05) is 17.5 Å². The molecule has 2 atom stereocenters. The molecule has 3 aromatic rings. The summed E-state index contributed by atoms with van der Waals surface area (Å²) in [6.07, 6.45) is 2.40. The molecule has 3 aromatic carbocycles. The number of aryl methyl sites for hydroxylation is 3. The highest BCUT2D eigenvalue weighted by molar-refractivity contribution is 5.71. The lowest BCUT2D eigenvalue weighted by Crippen LogP contribution is -2.15. The molecule has 0 amide bonds. The van der Waals surface area contributed by atoms with Crippen LogP contribution in [0.3, 0.4) is 0 Å². The topological polar surface area (TPSA) is 52.6 Å². The van der Waals surface area contributed by atoms with Crippen LogP contribution in [-0.4, -0.2) is 12.8 Å². The summed E-state index contributed by atoms with van der Waals surface area (Å²) >= 11 is 0. The van der Waals surface area contributed by atoms with Crippen LogP contribution in [0.5, 0.6) is 11.5 Å². The van der Waals surface area contributed by atoms with Crippen LogP contribution >= 0.6 is 0 Å². The molecule has 0 N–H and O–H groups in total. The van der Waals surface area contributed by atoms with E-state index in [0.29, 0.717) is 5.92 Å². The Morgan fingerprint density at radius 2 is 1.65 bits per heavy atom. The minimum absolute atomic E-state index is 0.0913. The van der Waals surface area contributed by atoms with Crippen molar-refractivity contribution in [2.45, 2.75) is 45.6 Å². The first-order chi connectivity index (χ1) is 15.0. The molecule has 0 aromatic heterocycles. The predicted octanol–water partition coefficient (Wildman–Crippen LogP) is 5.95. The highest BCUT2D eigenvalue weighted by Gasteiger charge is 2.27. The van der Waals surface area contributed by atoms with Crippen molar-refractivity contribution in [1.29, 1.82) is 0 Å². The lowest BCUT2D eigenvalue weighted by molar-refractivity contribution is -0.191. The van der Waals surface area contributed by atoms with E-state index in [1.165, 1.54) is 38.9 Å². The average molecular weight is 415 g/mol. The monoisotopic (exact) mass is 414 g/mol. The molecule has 2 aliphatic rings. The lowest BCUT2D eigenvalue weighted by Gasteiger charge is -2.27. The molecule has 5 rings (SSSR count). The second-order valence-corrected chi connectivity index (χ2v) is 8.33. The van der Waals surface area contributed by atoms with Gasteiger partial charge < -0.3 is 9.47 Å². The van der Waals surface area contributed by atoms with Gasteiger partial charge in [-0.05, 0) is 72.2 Å². The first-order valence-electron chi connectivity index (χ1n) is 10.6. The van der Waals surface area contributed by atoms with Crippen LogP contribution in [-0.2, 0) is 16.0 Å². The summed E-state index contributed by atoms with van der Waals surface area (Å²) in [6, 6.07) is 19.8. The Morgan fingerprint density at radius 1 is 0.935 bits per heavy atom. The summed E-state index contributed by atoms with van der Waals surface area (Å²) < 4.78 is 12.3. The fourth-order valence-electron chi connectivity index (χ4n) is 4.64. The van der Waals surface area contributed by atoms with Gasteiger partial charge in [0.2, 0.25) is 0 Å². The minimum Gasteiger partial charge on any atom is -0.493 e. The SMILES string of the molecule is Cc1cccc(C)c1-c1cccc(C2CCc3cc4c(cc3O2)OC[C@H]4C)c1.O=C=O. The van der Waals surface area contributed by atoms with Crippen molar-refractivity contribution in [3.05, 3.63) is 82.4 Å². The quantitative estimate of drug-likeness (QED) is 0.520. The van der Waals surface area contributed by atoms with E-state index in [2.05, 4.69) is 75.4 Å². The largest absolute Gasteiger partial charge is 0.493 e. The molecule has 0 aliphatic carbocycles. The van der Waals surface area contributed by atoms with Gasteiger partial charge in [-0.15, -0.1) is 0 Å². The maximum absolute atomic E-state index is 8.12. The van der Waals surface area contributed by atoms with Crippen molar-refractivity contribution in [2.24, 2.45) is 0 Å². The number of rotatable bonds is 2. The molecule has 4 heteroatoms. The van der Waals surface area contributed by atoms with Gasteiger partial charge in [0.1, 0.15) is 17.6 Å². The molecular weight excluding hydrogens is 388 g/mol. The first kappa shape index (κ1) is 20.9. The van der Waals surface area contributed by atoms with Crippen molar-refractivity contribution >= 4 is 6.15 Å². The third-order valence-electron chi connectivity index (χ3n) is 6.19. The Bertz CT molecular complexity index is 1120. The Morgan fingerprint density at radius 3 is 2.39 bits per heavy atom. The van der Waals surface area contributed by atoms with Gasteiger partial charge in [-0.3, -0.25) is 0 Å². The third kappa shape index (κ3) is 4.12. The van der Waals surface area contributed by atoms with Crippen LogP contribution < -0.4 is 9.47 Å². The van der Waals surface area contributed by atoms with Gasteiger partial charge in [0.05, 0.1) is 6.61 Å². The first-order valence-corrected chi connectivity index (χ1v) is 10.6. The van der Waals surface area contributed by atoms with E-state index in [0.717, 1.165) is 30.9 Å². The van der Waals surface area contributed by atoms with E-state index < -0.39 is 0 Å². The molecule has 31 heavy (non-hydrogen) atoms. The Labute approximate surface area is 182 Å². The number of carbonyl (C=O) groups excluding carboxylic acids is 2. The molecule has 1 unspecified atom stereocenters. The Kier molecular flexibility index (Phi) is 5.92. The van der Waals surface area contributed by atoms with E-state index in [4.69, 9.17) is 19.1 Å². The minimum atomic E-state index is 0.0913. The van der Waals surface area contributed by atoms with Crippen molar-refractivity contribution in [2.75, 3.05) is 6.61 Å². The van der Waals surface area contributed by atoms with Crippen molar-refractivity contribution in [3.8, 4) is 22.6 Å². The number of ether oxygens (including phenoxy) is 2. The molecule has 0 spiro atoms. The van der Waals surface area contributed by atoms with Crippen LogP contribution in [0.15, 0.2) is 54.6 Å². The molecule has 0 saturated carbocycles. The van der Waals surface area contributed by atoms with E-state index in [-0.39, 0.29) is 12.3 Å². The third-order valence-corrected chi connectivity index (χ3v) is 6.19. The van der Waals surface area contributed by atoms with Crippen molar-refractivity contribution in [3.63, 3.8) is 0 Å². The predicted molar refractivity (Wildman–Crippen MR) is 118 cm³/mol. The van der Waals surface area contributed by atoms with E-state index in [1.807, 2.05) is 0 Å². The normalized spacial score (nSPS) is 18.4. The van der Waals surface area contributed by atoms with Gasteiger partial charge in [-0.1, -0.05) is 43.3 Å². The number of benzene rings is 3. The number of hydrogen-bond acceptors (Lipinski definition) is 4. The van der Waals surface area contributed by atoms with Crippen LogP contribution in [0.25, 0.3) is 11.1 Å². The molecule has 0 radical (unpaired) electrons.